The van der Waals surface area contributed by atoms with Gasteiger partial charge in [-0.2, -0.15) is 0 Å². The number of ether oxygens (including phenoxy) is 1. The fraction of sp³-hybridized carbons (Fsp3) is 0.476. The van der Waals surface area contributed by atoms with Crippen molar-refractivity contribution in [2.45, 2.75) is 25.4 Å². The van der Waals surface area contributed by atoms with Crippen molar-refractivity contribution in [2.24, 2.45) is 4.99 Å². The van der Waals surface area contributed by atoms with Gasteiger partial charge in [-0.25, -0.2) is 9.78 Å². The lowest BCUT2D eigenvalue weighted by atomic mass is 9.84. The lowest BCUT2D eigenvalue weighted by molar-refractivity contribution is 0.0378. The molecule has 7 heteroatoms. The largest absolute Gasteiger partial charge is 0.407 e. The van der Waals surface area contributed by atoms with Crippen LogP contribution >= 0.6 is 0 Å². The van der Waals surface area contributed by atoms with Crippen molar-refractivity contribution in [3.05, 3.63) is 52.2 Å². The Bertz CT molecular complexity index is 962. The Kier molecular flexibility index (Phi) is 5.39. The summed E-state index contributed by atoms with van der Waals surface area (Å²) in [5, 5.41) is 4.04. The minimum absolute atomic E-state index is 0.253. The summed E-state index contributed by atoms with van der Waals surface area (Å²) < 4.78 is 11.1. The molecule has 0 saturated carbocycles. The average molecular weight is 382 g/mol. The molecule has 0 spiro atoms. The van der Waals surface area contributed by atoms with E-state index in [1.54, 1.807) is 6.21 Å². The second-order valence-corrected chi connectivity index (χ2v) is 7.53. The highest BCUT2D eigenvalue weighted by Crippen LogP contribution is 2.31. The molecule has 2 aromatic rings. The molecule has 1 aromatic carbocycles. The zero-order chi connectivity index (χ0) is 19.6. The second kappa shape index (κ2) is 7.95. The molecule has 7 nitrogen and oxygen atoms in total. The maximum absolute atomic E-state index is 12.6. The molecule has 3 heterocycles. The van der Waals surface area contributed by atoms with Gasteiger partial charge in [0.2, 0.25) is 5.89 Å². The van der Waals surface area contributed by atoms with Crippen LogP contribution in [-0.4, -0.2) is 61.7 Å². The molecule has 0 bridgehead atoms. The van der Waals surface area contributed by atoms with E-state index in [0.29, 0.717) is 16.8 Å². The van der Waals surface area contributed by atoms with Gasteiger partial charge in [0.05, 0.1) is 29.5 Å². The lowest BCUT2D eigenvalue weighted by Crippen LogP contribution is -2.49. The van der Waals surface area contributed by atoms with Gasteiger partial charge in [0.15, 0.2) is 0 Å². The van der Waals surface area contributed by atoms with Crippen LogP contribution in [0.2, 0.25) is 0 Å². The number of aromatic nitrogens is 1. The summed E-state index contributed by atoms with van der Waals surface area (Å²) in [6.07, 6.45) is 5.40. The summed E-state index contributed by atoms with van der Waals surface area (Å²) in [6, 6.07) is 5.65. The fourth-order valence-electron chi connectivity index (χ4n) is 3.77. The number of allylic oxidation sites excluding steroid dienone is 1. The van der Waals surface area contributed by atoms with Crippen LogP contribution in [0.1, 0.15) is 18.4 Å². The zero-order valence-corrected chi connectivity index (χ0v) is 16.4. The minimum Gasteiger partial charge on any atom is -0.407 e. The van der Waals surface area contributed by atoms with E-state index in [9.17, 15) is 4.79 Å². The monoisotopic (exact) mass is 382 g/mol. The fourth-order valence-corrected chi connectivity index (χ4v) is 3.77. The van der Waals surface area contributed by atoms with Gasteiger partial charge in [-0.15, -0.1) is 0 Å². The molecule has 2 unspecified atom stereocenters. The normalized spacial score (nSPS) is 25.4. The summed E-state index contributed by atoms with van der Waals surface area (Å²) in [5.41, 5.74) is 0.529. The molecule has 28 heavy (non-hydrogen) atoms. The molecule has 0 radical (unpaired) electrons. The number of fused-ring (bicyclic) bond motifs is 1. The average Bonchev–Trinajstić information content (AvgIpc) is 2.70. The van der Waals surface area contributed by atoms with Crippen LogP contribution in [-0.2, 0) is 10.2 Å². The van der Waals surface area contributed by atoms with E-state index in [1.165, 1.54) is 0 Å². The predicted octanol–water partition coefficient (Wildman–Crippen LogP) is 1.64. The lowest BCUT2D eigenvalue weighted by Gasteiger charge is -2.34. The van der Waals surface area contributed by atoms with Crippen LogP contribution in [0.3, 0.4) is 0 Å². The number of benzene rings is 1. The van der Waals surface area contributed by atoms with Crippen molar-refractivity contribution >= 4 is 17.1 Å². The molecule has 2 atom stereocenters. The molecule has 148 valence electrons. The van der Waals surface area contributed by atoms with Gasteiger partial charge >= 0.3 is 5.63 Å². The van der Waals surface area contributed by atoms with Gasteiger partial charge in [-0.05, 0) is 31.6 Å². The highest BCUT2D eigenvalue weighted by atomic mass is 16.5. The summed E-state index contributed by atoms with van der Waals surface area (Å²) in [6.45, 7) is 9.07. The first-order valence-electron chi connectivity index (χ1n) is 9.73. The number of morpholine rings is 1. The Morgan fingerprint density at radius 2 is 2.14 bits per heavy atom. The summed E-state index contributed by atoms with van der Waals surface area (Å²) in [4.78, 5) is 24.3. The van der Waals surface area contributed by atoms with Gasteiger partial charge in [0.25, 0.3) is 0 Å². The number of rotatable bonds is 5. The van der Waals surface area contributed by atoms with Crippen LogP contribution in [0.5, 0.6) is 0 Å². The van der Waals surface area contributed by atoms with Crippen molar-refractivity contribution in [2.75, 3.05) is 39.4 Å². The van der Waals surface area contributed by atoms with Gasteiger partial charge in [0.1, 0.15) is 6.17 Å². The molecular weight excluding hydrogens is 356 g/mol. The van der Waals surface area contributed by atoms with Crippen molar-refractivity contribution in [1.29, 1.82) is 0 Å². The Hall–Kier alpha value is -2.35. The van der Waals surface area contributed by atoms with E-state index < -0.39 is 5.41 Å². The molecule has 2 aliphatic rings. The summed E-state index contributed by atoms with van der Waals surface area (Å²) in [7, 11) is 0. The van der Waals surface area contributed by atoms with Crippen molar-refractivity contribution < 1.29 is 9.15 Å². The van der Waals surface area contributed by atoms with Crippen LogP contribution in [0.15, 0.2) is 44.6 Å². The van der Waals surface area contributed by atoms with Crippen molar-refractivity contribution in [1.82, 2.24) is 15.2 Å². The standard InChI is InChI=1S/C21H26N4O3/c1-15-5-3-6-16-17(15)18(26)28-20(24-16)21(2)7-4-8-22-19(21)23-9-10-25-11-13-27-14-12-25/h3-8,19,23H,9-14H2,1-2H3. The first-order chi connectivity index (χ1) is 13.6. The Balaban J connectivity index is 1.57. The van der Waals surface area contributed by atoms with Crippen LogP contribution in [0, 0.1) is 6.92 Å². The zero-order valence-electron chi connectivity index (χ0n) is 16.4. The molecule has 0 amide bonds. The molecule has 1 aromatic heterocycles. The van der Waals surface area contributed by atoms with E-state index in [0.717, 1.165) is 45.0 Å². The SMILES string of the molecule is Cc1cccc2nc(C3(C)C=CC=NC3NCCN3CCOCC3)oc(=O)c12. The quantitative estimate of drug-likeness (QED) is 0.847. The number of dihydropyridines is 1. The van der Waals surface area contributed by atoms with E-state index in [2.05, 4.69) is 20.2 Å². The molecule has 1 N–H and O–H groups in total. The molecule has 0 aliphatic carbocycles. The Labute approximate surface area is 164 Å². The number of hydrogen-bond donors (Lipinski definition) is 1. The van der Waals surface area contributed by atoms with Gasteiger partial charge in [-0.1, -0.05) is 18.2 Å². The second-order valence-electron chi connectivity index (χ2n) is 7.53. The number of aliphatic imine (C=N–C) groups is 1. The number of hydrogen-bond acceptors (Lipinski definition) is 7. The Morgan fingerprint density at radius 3 is 2.96 bits per heavy atom. The van der Waals surface area contributed by atoms with Crippen molar-refractivity contribution in [3.63, 3.8) is 0 Å². The van der Waals surface area contributed by atoms with E-state index in [1.807, 2.05) is 44.2 Å². The molecule has 4 rings (SSSR count). The van der Waals surface area contributed by atoms with Crippen LogP contribution in [0.4, 0.5) is 0 Å². The third-order valence-electron chi connectivity index (χ3n) is 5.53. The van der Waals surface area contributed by atoms with Crippen molar-refractivity contribution in [3.8, 4) is 0 Å². The molecule has 2 aliphatic heterocycles. The number of nitrogens with zero attached hydrogens (tertiary/aromatic N) is 3. The van der Waals surface area contributed by atoms with Crippen LogP contribution < -0.4 is 10.9 Å². The maximum atomic E-state index is 12.6. The van der Waals surface area contributed by atoms with Crippen LogP contribution in [0.25, 0.3) is 10.9 Å². The summed E-state index contributed by atoms with van der Waals surface area (Å²) >= 11 is 0. The highest BCUT2D eigenvalue weighted by Gasteiger charge is 2.39. The van der Waals surface area contributed by atoms with Gasteiger partial charge in [0, 0.05) is 32.4 Å². The predicted molar refractivity (Wildman–Crippen MR) is 109 cm³/mol. The van der Waals surface area contributed by atoms with E-state index in [-0.39, 0.29) is 11.8 Å². The van der Waals surface area contributed by atoms with Gasteiger partial charge < -0.3 is 9.15 Å². The topological polar surface area (TPSA) is 80.0 Å². The highest BCUT2D eigenvalue weighted by molar-refractivity contribution is 5.80. The third kappa shape index (κ3) is 3.65. The van der Waals surface area contributed by atoms with E-state index in [4.69, 9.17) is 9.15 Å². The summed E-state index contributed by atoms with van der Waals surface area (Å²) in [5.74, 6) is 0.382. The maximum Gasteiger partial charge on any atom is 0.347 e. The smallest absolute Gasteiger partial charge is 0.347 e. The number of aryl methyl sites for hydroxylation is 1. The number of nitrogens with one attached hydrogen (secondary N) is 1. The molecule has 1 saturated heterocycles. The van der Waals surface area contributed by atoms with E-state index >= 15 is 0 Å². The first kappa shape index (κ1) is 19.0. The minimum atomic E-state index is -0.642. The Morgan fingerprint density at radius 1 is 1.32 bits per heavy atom. The molecule has 1 fully saturated rings. The van der Waals surface area contributed by atoms with Gasteiger partial charge in [-0.3, -0.25) is 15.2 Å². The third-order valence-corrected chi connectivity index (χ3v) is 5.53. The molecular formula is C21H26N4O3. The first-order valence-corrected chi connectivity index (χ1v) is 9.73.